The molecule has 0 fully saturated rings. The van der Waals surface area contributed by atoms with Gasteiger partial charge in [-0.25, -0.2) is 13.4 Å². The number of aryl methyl sites for hydroxylation is 1. The number of nitrogens with one attached hydrogen (secondary N) is 1. The summed E-state index contributed by atoms with van der Waals surface area (Å²) >= 11 is 5.63. The minimum atomic E-state index is -3.63. The van der Waals surface area contributed by atoms with Crippen molar-refractivity contribution in [2.24, 2.45) is 0 Å². The van der Waals surface area contributed by atoms with E-state index < -0.39 is 10.0 Å². The molecule has 0 bridgehead atoms. The Bertz CT molecular complexity index is 630. The number of hydrogen-bond acceptors (Lipinski definition) is 4. The Morgan fingerprint density at radius 2 is 1.89 bits per heavy atom. The fourth-order valence-electron chi connectivity index (χ4n) is 1.49. The molecule has 0 radical (unpaired) electrons. The molecule has 0 aliphatic heterocycles. The van der Waals surface area contributed by atoms with E-state index in [4.69, 9.17) is 11.6 Å². The average molecular weight is 298 g/mol. The van der Waals surface area contributed by atoms with Gasteiger partial charge < -0.3 is 0 Å². The Labute approximate surface area is 116 Å². The monoisotopic (exact) mass is 297 g/mol. The van der Waals surface area contributed by atoms with Crippen molar-refractivity contribution in [1.29, 1.82) is 0 Å². The predicted molar refractivity (Wildman–Crippen MR) is 73.7 cm³/mol. The number of anilines is 1. The first kappa shape index (κ1) is 13.8. The van der Waals surface area contributed by atoms with Crippen molar-refractivity contribution in [3.8, 4) is 0 Å². The molecule has 0 atom stereocenters. The summed E-state index contributed by atoms with van der Waals surface area (Å²) in [4.78, 5) is 7.84. The van der Waals surface area contributed by atoms with Crippen LogP contribution < -0.4 is 4.72 Å². The van der Waals surface area contributed by atoms with Gasteiger partial charge in [-0.3, -0.25) is 9.71 Å². The maximum atomic E-state index is 12.1. The summed E-state index contributed by atoms with van der Waals surface area (Å²) < 4.78 is 26.5. The quantitative estimate of drug-likeness (QED) is 0.858. The summed E-state index contributed by atoms with van der Waals surface area (Å²) in [5, 5.41) is 0. The number of halogens is 1. The third-order valence-corrected chi connectivity index (χ3v) is 3.98. The number of benzene rings is 1. The van der Waals surface area contributed by atoms with Gasteiger partial charge in [0, 0.05) is 18.3 Å². The van der Waals surface area contributed by atoms with E-state index in [1.807, 2.05) is 0 Å². The maximum absolute atomic E-state index is 12.1. The van der Waals surface area contributed by atoms with Crippen molar-refractivity contribution in [2.75, 3.05) is 10.6 Å². The lowest BCUT2D eigenvalue weighted by atomic mass is 10.2. The van der Waals surface area contributed by atoms with Gasteiger partial charge in [0.25, 0.3) is 10.0 Å². The highest BCUT2D eigenvalue weighted by Gasteiger charge is 2.14. The van der Waals surface area contributed by atoms with Crippen molar-refractivity contribution in [3.05, 3.63) is 48.4 Å². The Hall–Kier alpha value is -1.66. The number of nitrogens with zero attached hydrogens (tertiary/aromatic N) is 2. The van der Waals surface area contributed by atoms with Crippen molar-refractivity contribution in [2.45, 2.75) is 11.3 Å². The Morgan fingerprint density at radius 1 is 1.16 bits per heavy atom. The molecular formula is C12H12ClN3O2S. The SMILES string of the molecule is O=S(=O)(Nc1cnccn1)c1ccc(CCCl)cc1. The lowest BCUT2D eigenvalue weighted by Gasteiger charge is -2.07. The van der Waals surface area contributed by atoms with Gasteiger partial charge in [-0.15, -0.1) is 11.6 Å². The second-order valence-corrected chi connectivity index (χ2v) is 5.84. The molecule has 0 saturated carbocycles. The minimum Gasteiger partial charge on any atom is -0.262 e. The Balaban J connectivity index is 2.20. The van der Waals surface area contributed by atoms with E-state index in [9.17, 15) is 8.42 Å². The molecule has 0 saturated heterocycles. The zero-order chi connectivity index (χ0) is 13.7. The van der Waals surface area contributed by atoms with Crippen LogP contribution in [0.5, 0.6) is 0 Å². The second-order valence-electron chi connectivity index (χ2n) is 3.78. The molecule has 1 aromatic heterocycles. The standard InChI is InChI=1S/C12H12ClN3O2S/c13-6-5-10-1-3-11(4-2-10)19(17,18)16-12-9-14-7-8-15-12/h1-4,7-9H,5-6H2,(H,15,16). The molecule has 0 aliphatic rings. The Kier molecular flexibility index (Phi) is 4.34. The fraction of sp³-hybridized carbons (Fsp3) is 0.167. The number of aromatic nitrogens is 2. The molecule has 2 rings (SSSR count). The largest absolute Gasteiger partial charge is 0.263 e. The molecule has 1 N–H and O–H groups in total. The maximum Gasteiger partial charge on any atom is 0.263 e. The zero-order valence-electron chi connectivity index (χ0n) is 9.95. The summed E-state index contributed by atoms with van der Waals surface area (Å²) in [6, 6.07) is 6.57. The van der Waals surface area contributed by atoms with Crippen molar-refractivity contribution in [3.63, 3.8) is 0 Å². The molecule has 5 nitrogen and oxygen atoms in total. The average Bonchev–Trinajstić information content (AvgIpc) is 2.40. The van der Waals surface area contributed by atoms with E-state index in [-0.39, 0.29) is 10.7 Å². The number of rotatable bonds is 5. The predicted octanol–water partition coefficient (Wildman–Crippen LogP) is 2.06. The Morgan fingerprint density at radius 3 is 2.47 bits per heavy atom. The van der Waals surface area contributed by atoms with Gasteiger partial charge in [-0.2, -0.15) is 0 Å². The van der Waals surface area contributed by atoms with Crippen LogP contribution >= 0.6 is 11.6 Å². The van der Waals surface area contributed by atoms with Gasteiger partial charge in [0.2, 0.25) is 0 Å². The molecule has 19 heavy (non-hydrogen) atoms. The topological polar surface area (TPSA) is 72.0 Å². The first-order valence-corrected chi connectivity index (χ1v) is 7.57. The van der Waals surface area contributed by atoms with Gasteiger partial charge in [0.05, 0.1) is 11.1 Å². The zero-order valence-corrected chi connectivity index (χ0v) is 11.5. The van der Waals surface area contributed by atoms with Gasteiger partial charge in [0.15, 0.2) is 5.82 Å². The van der Waals surface area contributed by atoms with Crippen LogP contribution in [0.2, 0.25) is 0 Å². The van der Waals surface area contributed by atoms with Crippen LogP contribution in [0.15, 0.2) is 47.8 Å². The molecule has 100 valence electrons. The fourth-order valence-corrected chi connectivity index (χ4v) is 2.70. The summed E-state index contributed by atoms with van der Waals surface area (Å²) in [6.07, 6.45) is 4.94. The molecule has 7 heteroatoms. The van der Waals surface area contributed by atoms with Gasteiger partial charge >= 0.3 is 0 Å². The summed E-state index contributed by atoms with van der Waals surface area (Å²) in [5.41, 5.74) is 0.994. The molecule has 1 heterocycles. The van der Waals surface area contributed by atoms with Gasteiger partial charge in [-0.05, 0) is 24.1 Å². The molecule has 2 aromatic rings. The first-order valence-electron chi connectivity index (χ1n) is 5.55. The lowest BCUT2D eigenvalue weighted by molar-refractivity contribution is 0.601. The third-order valence-electron chi connectivity index (χ3n) is 2.42. The number of hydrogen-bond donors (Lipinski definition) is 1. The lowest BCUT2D eigenvalue weighted by Crippen LogP contribution is -2.14. The summed E-state index contributed by atoms with van der Waals surface area (Å²) in [7, 11) is -3.63. The molecule has 0 spiro atoms. The first-order chi connectivity index (χ1) is 9.12. The van der Waals surface area contributed by atoms with Gasteiger partial charge in [-0.1, -0.05) is 12.1 Å². The molecule has 0 aliphatic carbocycles. The van der Waals surface area contributed by atoms with Crippen LogP contribution in [0.3, 0.4) is 0 Å². The van der Waals surface area contributed by atoms with Crippen molar-refractivity contribution in [1.82, 2.24) is 9.97 Å². The second kappa shape index (κ2) is 5.99. The van der Waals surface area contributed by atoms with E-state index >= 15 is 0 Å². The summed E-state index contributed by atoms with van der Waals surface area (Å²) in [5.74, 6) is 0.691. The molecular weight excluding hydrogens is 286 g/mol. The smallest absolute Gasteiger partial charge is 0.262 e. The van der Waals surface area contributed by atoms with Crippen LogP contribution in [-0.4, -0.2) is 24.3 Å². The van der Waals surface area contributed by atoms with E-state index in [0.717, 1.165) is 5.56 Å². The number of alkyl halides is 1. The van der Waals surface area contributed by atoms with Crippen LogP contribution in [0.1, 0.15) is 5.56 Å². The van der Waals surface area contributed by atoms with Crippen LogP contribution in [0.25, 0.3) is 0 Å². The van der Waals surface area contributed by atoms with Crippen LogP contribution in [0, 0.1) is 0 Å². The van der Waals surface area contributed by atoms with E-state index in [0.29, 0.717) is 12.3 Å². The molecule has 0 amide bonds. The van der Waals surface area contributed by atoms with E-state index in [2.05, 4.69) is 14.7 Å². The van der Waals surface area contributed by atoms with E-state index in [1.54, 1.807) is 24.3 Å². The third kappa shape index (κ3) is 3.65. The van der Waals surface area contributed by atoms with Crippen molar-refractivity contribution < 1.29 is 8.42 Å². The normalized spacial score (nSPS) is 11.2. The minimum absolute atomic E-state index is 0.177. The van der Waals surface area contributed by atoms with E-state index in [1.165, 1.54) is 18.6 Å². The number of sulfonamides is 1. The molecule has 0 unspecified atom stereocenters. The summed E-state index contributed by atoms with van der Waals surface area (Å²) in [6.45, 7) is 0. The highest BCUT2D eigenvalue weighted by Crippen LogP contribution is 2.14. The van der Waals surface area contributed by atoms with Crippen molar-refractivity contribution >= 4 is 27.4 Å². The highest BCUT2D eigenvalue weighted by atomic mass is 35.5. The van der Waals surface area contributed by atoms with Crippen LogP contribution in [0.4, 0.5) is 5.82 Å². The highest BCUT2D eigenvalue weighted by molar-refractivity contribution is 7.92. The van der Waals surface area contributed by atoms with Gasteiger partial charge in [0.1, 0.15) is 0 Å². The molecule has 1 aromatic carbocycles. The van der Waals surface area contributed by atoms with Crippen LogP contribution in [-0.2, 0) is 16.4 Å².